The van der Waals surface area contributed by atoms with Crippen LogP contribution in [-0.4, -0.2) is 42.3 Å². The van der Waals surface area contributed by atoms with Crippen molar-refractivity contribution in [2.75, 3.05) is 18.1 Å². The highest BCUT2D eigenvalue weighted by atomic mass is 32.2. The molecule has 2 rings (SSSR count). The number of amides is 1. The van der Waals surface area contributed by atoms with Gasteiger partial charge in [-0.3, -0.25) is 14.6 Å². The van der Waals surface area contributed by atoms with Gasteiger partial charge < -0.3 is 10.3 Å². The zero-order valence-corrected chi connectivity index (χ0v) is 14.7. The topological polar surface area (TPSA) is 129 Å². The van der Waals surface area contributed by atoms with Crippen molar-refractivity contribution in [1.29, 1.82) is 0 Å². The summed E-state index contributed by atoms with van der Waals surface area (Å²) in [6.45, 7) is 3.20. The molecule has 0 spiro atoms. The summed E-state index contributed by atoms with van der Waals surface area (Å²) in [5.74, 6) is -0.478. The molecule has 9 heteroatoms. The Kier molecular flexibility index (Phi) is 5.58. The lowest BCUT2D eigenvalue weighted by molar-refractivity contribution is 0.0956. The first-order valence-electron chi connectivity index (χ1n) is 7.66. The van der Waals surface area contributed by atoms with Crippen molar-refractivity contribution in [2.45, 2.75) is 13.8 Å². The SMILES string of the molecule is CCS(=O)(=O)CCNC(=O)c1ccc(-c2c(C)[nH]c(=O)[nH]c2=O)cc1. The summed E-state index contributed by atoms with van der Waals surface area (Å²) in [6.07, 6.45) is 0. The van der Waals surface area contributed by atoms with E-state index in [-0.39, 0.29) is 18.1 Å². The highest BCUT2D eigenvalue weighted by Gasteiger charge is 2.12. The van der Waals surface area contributed by atoms with Crippen LogP contribution in [0.4, 0.5) is 0 Å². The Labute approximate surface area is 144 Å². The summed E-state index contributed by atoms with van der Waals surface area (Å²) in [7, 11) is -3.14. The number of carbonyl (C=O) groups excluding carboxylic acids is 1. The molecule has 1 aromatic carbocycles. The van der Waals surface area contributed by atoms with Gasteiger partial charge in [0.2, 0.25) is 0 Å². The van der Waals surface area contributed by atoms with E-state index in [1.165, 1.54) is 12.1 Å². The summed E-state index contributed by atoms with van der Waals surface area (Å²) in [4.78, 5) is 39.9. The van der Waals surface area contributed by atoms with E-state index in [4.69, 9.17) is 0 Å². The molecule has 25 heavy (non-hydrogen) atoms. The molecule has 0 aliphatic heterocycles. The van der Waals surface area contributed by atoms with Gasteiger partial charge in [-0.15, -0.1) is 0 Å². The van der Waals surface area contributed by atoms with Gasteiger partial charge in [0.25, 0.3) is 11.5 Å². The maximum absolute atomic E-state index is 12.0. The zero-order valence-electron chi connectivity index (χ0n) is 13.9. The molecule has 0 atom stereocenters. The normalized spacial score (nSPS) is 11.3. The smallest absolute Gasteiger partial charge is 0.325 e. The van der Waals surface area contributed by atoms with Gasteiger partial charge in [-0.2, -0.15) is 0 Å². The number of nitrogens with one attached hydrogen (secondary N) is 3. The molecule has 0 bridgehead atoms. The molecule has 1 amide bonds. The molecule has 1 heterocycles. The zero-order chi connectivity index (χ0) is 18.6. The molecule has 0 aliphatic rings. The van der Waals surface area contributed by atoms with E-state index in [0.29, 0.717) is 22.4 Å². The Morgan fingerprint density at radius 2 is 1.76 bits per heavy atom. The third-order valence-corrected chi connectivity index (χ3v) is 5.41. The molecule has 134 valence electrons. The van der Waals surface area contributed by atoms with Crippen molar-refractivity contribution >= 4 is 15.7 Å². The maximum Gasteiger partial charge on any atom is 0.325 e. The van der Waals surface area contributed by atoms with Gasteiger partial charge in [0.1, 0.15) is 0 Å². The first kappa shape index (κ1) is 18.7. The second kappa shape index (κ2) is 7.47. The monoisotopic (exact) mass is 365 g/mol. The number of rotatable bonds is 6. The van der Waals surface area contributed by atoms with Crippen LogP contribution in [0.2, 0.25) is 0 Å². The Balaban J connectivity index is 2.14. The highest BCUT2D eigenvalue weighted by molar-refractivity contribution is 7.91. The van der Waals surface area contributed by atoms with E-state index in [0.717, 1.165) is 0 Å². The molecule has 0 aliphatic carbocycles. The van der Waals surface area contributed by atoms with Crippen molar-refractivity contribution in [3.05, 3.63) is 56.4 Å². The van der Waals surface area contributed by atoms with Crippen LogP contribution in [0, 0.1) is 6.92 Å². The Bertz CT molecular complexity index is 988. The minimum absolute atomic E-state index is 0.0324. The van der Waals surface area contributed by atoms with Crippen molar-refractivity contribution in [2.24, 2.45) is 0 Å². The van der Waals surface area contributed by atoms with Crippen LogP contribution in [0.25, 0.3) is 11.1 Å². The number of H-pyrrole nitrogens is 2. The van der Waals surface area contributed by atoms with E-state index >= 15 is 0 Å². The summed E-state index contributed by atoms with van der Waals surface area (Å²) in [6, 6.07) is 6.24. The van der Waals surface area contributed by atoms with Gasteiger partial charge in [-0.1, -0.05) is 19.1 Å². The molecular weight excluding hydrogens is 346 g/mol. The van der Waals surface area contributed by atoms with Crippen molar-refractivity contribution < 1.29 is 13.2 Å². The first-order valence-corrected chi connectivity index (χ1v) is 9.48. The highest BCUT2D eigenvalue weighted by Crippen LogP contribution is 2.17. The summed E-state index contributed by atoms with van der Waals surface area (Å²) in [5, 5.41) is 2.55. The summed E-state index contributed by atoms with van der Waals surface area (Å²) in [5.41, 5.74) is 0.556. The fraction of sp³-hybridized carbons (Fsp3) is 0.312. The minimum Gasteiger partial charge on any atom is -0.351 e. The number of sulfone groups is 1. The largest absolute Gasteiger partial charge is 0.351 e. The van der Waals surface area contributed by atoms with Gasteiger partial charge in [0.05, 0.1) is 11.3 Å². The summed E-state index contributed by atoms with van der Waals surface area (Å²) < 4.78 is 22.8. The number of aromatic amines is 2. The molecule has 0 saturated heterocycles. The molecule has 2 aromatic rings. The van der Waals surface area contributed by atoms with Gasteiger partial charge in [-0.05, 0) is 24.6 Å². The number of benzene rings is 1. The van der Waals surface area contributed by atoms with Crippen molar-refractivity contribution in [3.63, 3.8) is 0 Å². The van der Waals surface area contributed by atoms with Crippen LogP contribution in [-0.2, 0) is 9.84 Å². The third kappa shape index (κ3) is 4.66. The lowest BCUT2D eigenvalue weighted by Crippen LogP contribution is -2.29. The lowest BCUT2D eigenvalue weighted by atomic mass is 10.0. The Hall–Kier alpha value is -2.68. The fourth-order valence-corrected chi connectivity index (χ4v) is 3.00. The molecule has 8 nitrogen and oxygen atoms in total. The van der Waals surface area contributed by atoms with Gasteiger partial charge >= 0.3 is 5.69 Å². The molecule has 1 aromatic heterocycles. The average molecular weight is 365 g/mol. The van der Waals surface area contributed by atoms with E-state index in [9.17, 15) is 22.8 Å². The second-order valence-electron chi connectivity index (χ2n) is 5.48. The van der Waals surface area contributed by atoms with Crippen LogP contribution >= 0.6 is 0 Å². The van der Waals surface area contributed by atoms with Crippen LogP contribution in [0.15, 0.2) is 33.9 Å². The lowest BCUT2D eigenvalue weighted by Gasteiger charge is -2.07. The number of carbonyl (C=O) groups is 1. The van der Waals surface area contributed by atoms with Crippen LogP contribution < -0.4 is 16.6 Å². The van der Waals surface area contributed by atoms with Crippen molar-refractivity contribution in [3.8, 4) is 11.1 Å². The van der Waals surface area contributed by atoms with Gasteiger partial charge in [0.15, 0.2) is 9.84 Å². The summed E-state index contributed by atoms with van der Waals surface area (Å²) >= 11 is 0. The van der Waals surface area contributed by atoms with E-state index in [1.807, 2.05) is 0 Å². The van der Waals surface area contributed by atoms with Crippen LogP contribution in [0.5, 0.6) is 0 Å². The molecule has 0 saturated carbocycles. The van der Waals surface area contributed by atoms with Crippen LogP contribution in [0.1, 0.15) is 23.0 Å². The quantitative estimate of drug-likeness (QED) is 0.674. The molecule has 3 N–H and O–H groups in total. The van der Waals surface area contributed by atoms with Crippen molar-refractivity contribution in [1.82, 2.24) is 15.3 Å². The number of aromatic nitrogens is 2. The molecule has 0 radical (unpaired) electrons. The second-order valence-corrected chi connectivity index (χ2v) is 7.95. The number of aryl methyl sites for hydroxylation is 1. The van der Waals surface area contributed by atoms with Crippen LogP contribution in [0.3, 0.4) is 0 Å². The van der Waals surface area contributed by atoms with E-state index in [2.05, 4.69) is 15.3 Å². The predicted octanol–water partition coefficient (Wildman–Crippen LogP) is 0.203. The van der Waals surface area contributed by atoms with Gasteiger partial charge in [0, 0.05) is 23.6 Å². The van der Waals surface area contributed by atoms with E-state index in [1.54, 1.807) is 26.0 Å². The molecular formula is C16H19N3O5S. The Morgan fingerprint density at radius 3 is 2.32 bits per heavy atom. The third-order valence-electron chi connectivity index (χ3n) is 3.70. The Morgan fingerprint density at radius 1 is 1.12 bits per heavy atom. The molecule has 0 fully saturated rings. The number of hydrogen-bond acceptors (Lipinski definition) is 5. The molecule has 0 unspecified atom stereocenters. The first-order chi connectivity index (χ1) is 11.7. The maximum atomic E-state index is 12.0. The number of hydrogen-bond donors (Lipinski definition) is 3. The minimum atomic E-state index is -3.14. The van der Waals surface area contributed by atoms with Gasteiger partial charge in [-0.25, -0.2) is 13.2 Å². The van der Waals surface area contributed by atoms with E-state index < -0.39 is 27.0 Å². The average Bonchev–Trinajstić information content (AvgIpc) is 2.54. The standard InChI is InChI=1S/C16H19N3O5S/c1-3-25(23,24)9-8-17-14(20)12-6-4-11(5-7-12)13-10(2)18-16(22)19-15(13)21/h4-7H,3,8-9H2,1-2H3,(H,17,20)(H2,18,19,21,22). The predicted molar refractivity (Wildman–Crippen MR) is 94.5 cm³/mol. The fourth-order valence-electron chi connectivity index (χ4n) is 2.30.